The van der Waals surface area contributed by atoms with E-state index in [1.54, 1.807) is 7.11 Å². The fraction of sp³-hybridized carbons (Fsp3) is 0.118. The molecule has 106 valence electrons. The van der Waals surface area contributed by atoms with E-state index in [0.29, 0.717) is 0 Å². The molecule has 3 rings (SSSR count). The number of ether oxygens (including phenoxy) is 1. The van der Waals surface area contributed by atoms with Crippen molar-refractivity contribution in [1.82, 2.24) is 9.78 Å². The van der Waals surface area contributed by atoms with Crippen molar-refractivity contribution in [3.05, 3.63) is 60.9 Å². The van der Waals surface area contributed by atoms with Crippen molar-refractivity contribution in [3.63, 3.8) is 0 Å². The van der Waals surface area contributed by atoms with Gasteiger partial charge >= 0.3 is 0 Å². The Kier molecular flexibility index (Phi) is 3.60. The SMILES string of the molecule is CNc1cccc(-c2cnn(-c3ccccc3)c2)c1OC. The molecule has 0 aliphatic carbocycles. The van der Waals surface area contributed by atoms with Crippen LogP contribution in [0.5, 0.6) is 5.75 Å². The van der Waals surface area contributed by atoms with Gasteiger partial charge in [-0.3, -0.25) is 0 Å². The maximum atomic E-state index is 5.54. The Morgan fingerprint density at radius 1 is 1.05 bits per heavy atom. The average molecular weight is 279 g/mol. The van der Waals surface area contributed by atoms with Crippen LogP contribution in [0.15, 0.2) is 60.9 Å². The van der Waals surface area contributed by atoms with Crippen molar-refractivity contribution in [3.8, 4) is 22.6 Å². The molecule has 21 heavy (non-hydrogen) atoms. The molecule has 3 aromatic rings. The second-order valence-electron chi connectivity index (χ2n) is 4.65. The van der Waals surface area contributed by atoms with Gasteiger partial charge in [-0.05, 0) is 18.2 Å². The van der Waals surface area contributed by atoms with Crippen LogP contribution in [0.1, 0.15) is 0 Å². The molecule has 4 heteroatoms. The number of nitrogens with one attached hydrogen (secondary N) is 1. The lowest BCUT2D eigenvalue weighted by Gasteiger charge is -2.11. The summed E-state index contributed by atoms with van der Waals surface area (Å²) < 4.78 is 7.40. The third-order valence-corrected chi connectivity index (χ3v) is 3.40. The molecule has 0 atom stereocenters. The number of para-hydroxylation sites is 2. The Morgan fingerprint density at radius 2 is 1.86 bits per heavy atom. The minimum Gasteiger partial charge on any atom is -0.494 e. The molecule has 0 unspecified atom stereocenters. The summed E-state index contributed by atoms with van der Waals surface area (Å²) in [5.41, 5.74) is 4.04. The molecule has 2 aromatic carbocycles. The predicted octanol–water partition coefficient (Wildman–Crippen LogP) is 3.59. The highest BCUT2D eigenvalue weighted by atomic mass is 16.5. The van der Waals surface area contributed by atoms with E-state index in [1.807, 2.05) is 72.7 Å². The Hall–Kier alpha value is -2.75. The number of nitrogens with zero attached hydrogens (tertiary/aromatic N) is 2. The van der Waals surface area contributed by atoms with Crippen molar-refractivity contribution >= 4 is 5.69 Å². The minimum atomic E-state index is 0.826. The summed E-state index contributed by atoms with van der Waals surface area (Å²) in [7, 11) is 3.57. The van der Waals surface area contributed by atoms with Crippen molar-refractivity contribution in [2.45, 2.75) is 0 Å². The molecule has 1 N–H and O–H groups in total. The molecular weight excluding hydrogens is 262 g/mol. The summed E-state index contributed by atoms with van der Waals surface area (Å²) in [6.07, 6.45) is 3.86. The second kappa shape index (κ2) is 5.71. The maximum absolute atomic E-state index is 5.54. The summed E-state index contributed by atoms with van der Waals surface area (Å²) in [5.74, 6) is 0.826. The third kappa shape index (κ3) is 2.48. The van der Waals surface area contributed by atoms with Crippen LogP contribution in [0.2, 0.25) is 0 Å². The molecule has 0 radical (unpaired) electrons. The topological polar surface area (TPSA) is 39.1 Å². The standard InChI is InChI=1S/C17H17N3O/c1-18-16-10-6-9-15(17(16)21-2)13-11-19-20(12-13)14-7-4-3-5-8-14/h3-12,18H,1-2H3. The van der Waals surface area contributed by atoms with Gasteiger partial charge in [0.05, 0.1) is 24.7 Å². The zero-order valence-corrected chi connectivity index (χ0v) is 12.1. The maximum Gasteiger partial charge on any atom is 0.149 e. The van der Waals surface area contributed by atoms with E-state index >= 15 is 0 Å². The van der Waals surface area contributed by atoms with Crippen molar-refractivity contribution in [1.29, 1.82) is 0 Å². The number of anilines is 1. The molecule has 0 fully saturated rings. The number of hydrogen-bond donors (Lipinski definition) is 1. The van der Waals surface area contributed by atoms with E-state index < -0.39 is 0 Å². The largest absolute Gasteiger partial charge is 0.494 e. The molecule has 1 heterocycles. The summed E-state index contributed by atoms with van der Waals surface area (Å²) in [5, 5.41) is 7.58. The van der Waals surface area contributed by atoms with Crippen LogP contribution >= 0.6 is 0 Å². The quantitative estimate of drug-likeness (QED) is 0.793. The first-order valence-electron chi connectivity index (χ1n) is 6.78. The smallest absolute Gasteiger partial charge is 0.149 e. The first-order chi connectivity index (χ1) is 10.3. The van der Waals surface area contributed by atoms with E-state index in [1.165, 1.54) is 0 Å². The van der Waals surface area contributed by atoms with Gasteiger partial charge in [0.1, 0.15) is 5.75 Å². The molecular formula is C17H17N3O. The summed E-state index contributed by atoms with van der Waals surface area (Å²) >= 11 is 0. The van der Waals surface area contributed by atoms with E-state index in [0.717, 1.165) is 28.3 Å². The second-order valence-corrected chi connectivity index (χ2v) is 4.65. The summed E-state index contributed by atoms with van der Waals surface area (Å²) in [6.45, 7) is 0. The molecule has 4 nitrogen and oxygen atoms in total. The molecule has 0 saturated carbocycles. The highest BCUT2D eigenvalue weighted by Gasteiger charge is 2.12. The predicted molar refractivity (Wildman–Crippen MR) is 85.1 cm³/mol. The van der Waals surface area contributed by atoms with Gasteiger partial charge < -0.3 is 10.1 Å². The molecule has 0 aliphatic rings. The average Bonchev–Trinajstić information content (AvgIpc) is 3.04. The van der Waals surface area contributed by atoms with E-state index in [2.05, 4.69) is 10.4 Å². The Bertz CT molecular complexity index is 735. The van der Waals surface area contributed by atoms with Gasteiger partial charge in [0, 0.05) is 24.4 Å². The molecule has 0 amide bonds. The van der Waals surface area contributed by atoms with Crippen LogP contribution in [-0.4, -0.2) is 23.9 Å². The van der Waals surface area contributed by atoms with Crippen molar-refractivity contribution in [2.75, 3.05) is 19.5 Å². The van der Waals surface area contributed by atoms with Gasteiger partial charge in [-0.15, -0.1) is 0 Å². The normalized spacial score (nSPS) is 10.4. The third-order valence-electron chi connectivity index (χ3n) is 3.40. The lowest BCUT2D eigenvalue weighted by molar-refractivity contribution is 0.418. The minimum absolute atomic E-state index is 0.826. The fourth-order valence-electron chi connectivity index (χ4n) is 2.36. The van der Waals surface area contributed by atoms with E-state index in [9.17, 15) is 0 Å². The number of benzene rings is 2. The Morgan fingerprint density at radius 3 is 2.57 bits per heavy atom. The zero-order chi connectivity index (χ0) is 14.7. The van der Waals surface area contributed by atoms with Crippen LogP contribution in [0, 0.1) is 0 Å². The summed E-state index contributed by atoms with van der Waals surface area (Å²) in [4.78, 5) is 0. The van der Waals surface area contributed by atoms with Gasteiger partial charge in [-0.2, -0.15) is 5.10 Å². The van der Waals surface area contributed by atoms with Gasteiger partial charge in [0.25, 0.3) is 0 Å². The van der Waals surface area contributed by atoms with Gasteiger partial charge in [0.2, 0.25) is 0 Å². The van der Waals surface area contributed by atoms with Crippen LogP contribution in [0.3, 0.4) is 0 Å². The number of hydrogen-bond acceptors (Lipinski definition) is 3. The Labute approximate surface area is 124 Å². The molecule has 0 aliphatic heterocycles. The number of methoxy groups -OCH3 is 1. The van der Waals surface area contributed by atoms with Crippen LogP contribution < -0.4 is 10.1 Å². The lowest BCUT2D eigenvalue weighted by atomic mass is 10.1. The number of rotatable bonds is 4. The van der Waals surface area contributed by atoms with Gasteiger partial charge in [-0.1, -0.05) is 30.3 Å². The molecule has 0 spiro atoms. The van der Waals surface area contributed by atoms with Crippen LogP contribution in [0.4, 0.5) is 5.69 Å². The molecule has 0 bridgehead atoms. The van der Waals surface area contributed by atoms with E-state index in [-0.39, 0.29) is 0 Å². The fourth-order valence-corrected chi connectivity index (χ4v) is 2.36. The monoisotopic (exact) mass is 279 g/mol. The van der Waals surface area contributed by atoms with E-state index in [4.69, 9.17) is 4.74 Å². The molecule has 1 aromatic heterocycles. The van der Waals surface area contributed by atoms with Crippen molar-refractivity contribution in [2.24, 2.45) is 0 Å². The van der Waals surface area contributed by atoms with Gasteiger partial charge in [-0.25, -0.2) is 4.68 Å². The van der Waals surface area contributed by atoms with Gasteiger partial charge in [0.15, 0.2) is 0 Å². The first kappa shape index (κ1) is 13.2. The highest BCUT2D eigenvalue weighted by molar-refractivity contribution is 5.77. The van der Waals surface area contributed by atoms with Crippen molar-refractivity contribution < 1.29 is 4.74 Å². The zero-order valence-electron chi connectivity index (χ0n) is 12.1. The number of aromatic nitrogens is 2. The summed E-state index contributed by atoms with van der Waals surface area (Å²) in [6, 6.07) is 16.1. The molecule has 0 saturated heterocycles. The first-order valence-corrected chi connectivity index (χ1v) is 6.78. The van der Waals surface area contributed by atoms with Crippen LogP contribution in [0.25, 0.3) is 16.8 Å². The van der Waals surface area contributed by atoms with Crippen LogP contribution in [-0.2, 0) is 0 Å². The lowest BCUT2D eigenvalue weighted by Crippen LogP contribution is -1.95. The Balaban J connectivity index is 2.05. The highest BCUT2D eigenvalue weighted by Crippen LogP contribution is 2.36.